The zero-order valence-electron chi connectivity index (χ0n) is 20.3. The molecule has 4 heterocycles. The van der Waals surface area contributed by atoms with Crippen LogP contribution in [0.4, 0.5) is 38.3 Å². The lowest BCUT2D eigenvalue weighted by Crippen LogP contribution is -2.48. The van der Waals surface area contributed by atoms with Crippen molar-refractivity contribution in [2.75, 3.05) is 23.3 Å². The van der Waals surface area contributed by atoms with E-state index in [2.05, 4.69) is 25.5 Å². The summed E-state index contributed by atoms with van der Waals surface area (Å²) in [6, 6.07) is 3.37. The summed E-state index contributed by atoms with van der Waals surface area (Å²) in [6.07, 6.45) is -7.97. The van der Waals surface area contributed by atoms with Gasteiger partial charge in [-0.15, -0.1) is 5.10 Å². The van der Waals surface area contributed by atoms with Gasteiger partial charge in [-0.2, -0.15) is 36.3 Å². The molecule has 1 aliphatic carbocycles. The molecule has 2 aliphatic heterocycles. The number of anilines is 2. The van der Waals surface area contributed by atoms with E-state index >= 15 is 0 Å². The number of rotatable bonds is 4. The van der Waals surface area contributed by atoms with E-state index in [4.69, 9.17) is 4.52 Å². The fourth-order valence-corrected chi connectivity index (χ4v) is 6.27. The van der Waals surface area contributed by atoms with Crippen molar-refractivity contribution in [1.82, 2.24) is 24.9 Å². The van der Waals surface area contributed by atoms with Gasteiger partial charge in [0.2, 0.25) is 5.95 Å². The van der Waals surface area contributed by atoms with Crippen molar-refractivity contribution in [1.29, 1.82) is 0 Å². The van der Waals surface area contributed by atoms with Crippen LogP contribution in [0.5, 0.6) is 0 Å². The number of alkyl halides is 6. The van der Waals surface area contributed by atoms with E-state index in [0.717, 1.165) is 23.6 Å². The Balaban J connectivity index is 1.30. The minimum Gasteiger partial charge on any atom is -0.350 e. The van der Waals surface area contributed by atoms with Crippen LogP contribution in [0.3, 0.4) is 0 Å². The lowest BCUT2D eigenvalue weighted by atomic mass is 9.85. The van der Waals surface area contributed by atoms with E-state index < -0.39 is 29.9 Å². The van der Waals surface area contributed by atoms with Gasteiger partial charge in [-0.05, 0) is 56.1 Å². The number of piperidine rings is 1. The average molecular weight is 542 g/mol. The highest BCUT2D eigenvalue weighted by atomic mass is 19.4. The fraction of sp³-hybridized carbons (Fsp3) is 0.583. The van der Waals surface area contributed by atoms with Crippen molar-refractivity contribution in [3.05, 3.63) is 47.0 Å². The van der Waals surface area contributed by atoms with Crippen molar-refractivity contribution in [3.8, 4) is 0 Å². The van der Waals surface area contributed by atoms with Gasteiger partial charge in [0.1, 0.15) is 11.9 Å². The number of benzene rings is 1. The van der Waals surface area contributed by atoms with E-state index in [-0.39, 0.29) is 48.1 Å². The molecule has 8 nitrogen and oxygen atoms in total. The summed E-state index contributed by atoms with van der Waals surface area (Å²) in [7, 11) is 0. The Morgan fingerprint density at radius 1 is 0.947 bits per heavy atom. The number of hydrogen-bond donors (Lipinski definition) is 1. The van der Waals surface area contributed by atoms with Crippen LogP contribution in [0.2, 0.25) is 0 Å². The van der Waals surface area contributed by atoms with Crippen LogP contribution < -0.4 is 10.2 Å². The summed E-state index contributed by atoms with van der Waals surface area (Å²) in [6.45, 7) is 2.98. The standard InChI is InChI=1S/C24H25F6N7O/c1-12-31-22(38-35-12)36-10-13-6-7-14(11-36)19(13)32-21-33-20-16(8-9-18(24(28,29)30)37(20)34-21)15-4-2-3-5-17(15)23(25,26)27/h2-5,13-14,16,18-19H,6-11H2,1H3,(H,32,34). The van der Waals surface area contributed by atoms with Gasteiger partial charge in [0, 0.05) is 25.0 Å². The third-order valence-electron chi connectivity index (χ3n) is 7.93. The molecule has 4 unspecified atom stereocenters. The summed E-state index contributed by atoms with van der Waals surface area (Å²) in [5.41, 5.74) is -0.967. The largest absolute Gasteiger partial charge is 0.416 e. The number of nitrogens with one attached hydrogen (secondary N) is 1. The quantitative estimate of drug-likeness (QED) is 0.446. The maximum Gasteiger partial charge on any atom is 0.416 e. The molecular weight excluding hydrogens is 516 g/mol. The van der Waals surface area contributed by atoms with Gasteiger partial charge in [0.15, 0.2) is 5.82 Å². The molecule has 1 N–H and O–H groups in total. The minimum absolute atomic E-state index is 0.00891. The van der Waals surface area contributed by atoms with Crippen LogP contribution >= 0.6 is 0 Å². The zero-order valence-corrected chi connectivity index (χ0v) is 20.3. The first-order valence-electron chi connectivity index (χ1n) is 12.5. The molecule has 204 valence electrons. The normalized spacial score (nSPS) is 27.4. The number of fused-ring (bicyclic) bond motifs is 3. The van der Waals surface area contributed by atoms with E-state index in [0.29, 0.717) is 24.9 Å². The number of aromatic nitrogens is 5. The number of halogens is 6. The molecule has 3 aliphatic rings. The van der Waals surface area contributed by atoms with Crippen molar-refractivity contribution in [2.24, 2.45) is 11.8 Å². The Labute approximate surface area is 213 Å². The highest BCUT2D eigenvalue weighted by molar-refractivity contribution is 5.40. The third-order valence-corrected chi connectivity index (χ3v) is 7.93. The van der Waals surface area contributed by atoms with E-state index in [9.17, 15) is 26.3 Å². The molecule has 0 spiro atoms. The first-order valence-corrected chi connectivity index (χ1v) is 12.5. The van der Waals surface area contributed by atoms with Gasteiger partial charge in [-0.3, -0.25) is 0 Å². The minimum atomic E-state index is -4.65. The van der Waals surface area contributed by atoms with Gasteiger partial charge >= 0.3 is 18.4 Å². The Kier molecular flexibility index (Phi) is 5.83. The van der Waals surface area contributed by atoms with Crippen molar-refractivity contribution in [2.45, 2.75) is 63.0 Å². The molecule has 0 amide bonds. The summed E-state index contributed by atoms with van der Waals surface area (Å²) >= 11 is 0. The maximum absolute atomic E-state index is 13.9. The first-order chi connectivity index (χ1) is 18.0. The van der Waals surface area contributed by atoms with Crippen LogP contribution in [0.1, 0.15) is 60.4 Å². The molecule has 1 aromatic carbocycles. The predicted molar refractivity (Wildman–Crippen MR) is 123 cm³/mol. The molecule has 3 aromatic rings. The Morgan fingerprint density at radius 3 is 2.29 bits per heavy atom. The lowest BCUT2D eigenvalue weighted by Gasteiger charge is -2.37. The number of nitrogens with zero attached hydrogens (tertiary/aromatic N) is 6. The predicted octanol–water partition coefficient (Wildman–Crippen LogP) is 5.34. The summed E-state index contributed by atoms with van der Waals surface area (Å²) in [5.74, 6) is -0.253. The zero-order chi connectivity index (χ0) is 26.8. The molecule has 14 heteroatoms. The topological polar surface area (TPSA) is 84.9 Å². The molecule has 1 saturated heterocycles. The smallest absolute Gasteiger partial charge is 0.350 e. The molecule has 2 aromatic heterocycles. The molecule has 6 rings (SSSR count). The summed E-state index contributed by atoms with van der Waals surface area (Å²) < 4.78 is 89.1. The van der Waals surface area contributed by atoms with Gasteiger partial charge < -0.3 is 14.7 Å². The lowest BCUT2D eigenvalue weighted by molar-refractivity contribution is -0.175. The Bertz CT molecular complexity index is 1300. The van der Waals surface area contributed by atoms with Crippen LogP contribution in [0.25, 0.3) is 0 Å². The van der Waals surface area contributed by atoms with Crippen LogP contribution in [-0.2, 0) is 6.18 Å². The Hall–Kier alpha value is -3.32. The van der Waals surface area contributed by atoms with Gasteiger partial charge in [-0.1, -0.05) is 23.4 Å². The summed E-state index contributed by atoms with van der Waals surface area (Å²) in [5, 5.41) is 11.3. The van der Waals surface area contributed by atoms with Crippen molar-refractivity contribution in [3.63, 3.8) is 0 Å². The van der Waals surface area contributed by atoms with E-state index in [1.165, 1.54) is 18.2 Å². The molecule has 0 radical (unpaired) electrons. The Morgan fingerprint density at radius 2 is 1.66 bits per heavy atom. The fourth-order valence-electron chi connectivity index (χ4n) is 6.27. The third kappa shape index (κ3) is 4.37. The molecule has 2 fully saturated rings. The molecule has 4 atom stereocenters. The second-order valence-corrected chi connectivity index (χ2v) is 10.3. The van der Waals surface area contributed by atoms with Crippen LogP contribution in [0.15, 0.2) is 28.8 Å². The van der Waals surface area contributed by atoms with E-state index in [1.54, 1.807) is 6.92 Å². The highest BCUT2D eigenvalue weighted by Crippen LogP contribution is 2.47. The van der Waals surface area contributed by atoms with Crippen LogP contribution in [-0.4, -0.2) is 50.2 Å². The number of hydrogen-bond acceptors (Lipinski definition) is 7. The molecule has 2 bridgehead atoms. The van der Waals surface area contributed by atoms with Crippen molar-refractivity contribution >= 4 is 12.0 Å². The highest BCUT2D eigenvalue weighted by Gasteiger charge is 2.49. The average Bonchev–Trinajstić information content (AvgIpc) is 3.53. The monoisotopic (exact) mass is 541 g/mol. The second kappa shape index (κ2) is 8.87. The molecular formula is C24H25F6N7O. The van der Waals surface area contributed by atoms with Crippen LogP contribution in [0, 0.1) is 18.8 Å². The van der Waals surface area contributed by atoms with Crippen molar-refractivity contribution < 1.29 is 30.9 Å². The van der Waals surface area contributed by atoms with Gasteiger partial charge in [0.05, 0.1) is 5.56 Å². The second-order valence-electron chi connectivity index (χ2n) is 10.3. The first kappa shape index (κ1) is 25.0. The van der Waals surface area contributed by atoms with Gasteiger partial charge in [-0.25, -0.2) is 4.68 Å². The SMILES string of the molecule is Cc1noc(N2CC3CCC(C2)C3Nc2nc3n(n2)C(C(F)(F)F)CCC3c2ccccc2C(F)(F)F)n1. The molecule has 38 heavy (non-hydrogen) atoms. The number of aryl methyl sites for hydroxylation is 1. The summed E-state index contributed by atoms with van der Waals surface area (Å²) in [4.78, 5) is 10.7. The molecule has 1 saturated carbocycles. The van der Waals surface area contributed by atoms with Gasteiger partial charge in [0.25, 0.3) is 0 Å². The maximum atomic E-state index is 13.9. The van der Waals surface area contributed by atoms with E-state index in [1.807, 2.05) is 4.90 Å².